The number of nitrogens with zero attached hydrogens (tertiary/aromatic N) is 2. The van der Waals surface area contributed by atoms with E-state index < -0.39 is 5.97 Å². The van der Waals surface area contributed by atoms with Gasteiger partial charge in [0.05, 0.1) is 12.1 Å². The Morgan fingerprint density at radius 1 is 1.04 bits per heavy atom. The third-order valence-electron chi connectivity index (χ3n) is 3.77. The Labute approximate surface area is 136 Å². The SMILES string of the molecule is CCN(CC)C(=O)CN(C)C(=O)CCc1ccccc1C(=O)O. The Bertz CT molecular complexity index is 567. The maximum Gasteiger partial charge on any atom is 0.335 e. The highest BCUT2D eigenvalue weighted by atomic mass is 16.4. The van der Waals surface area contributed by atoms with Gasteiger partial charge in [0, 0.05) is 26.6 Å². The van der Waals surface area contributed by atoms with Crippen molar-refractivity contribution >= 4 is 17.8 Å². The number of aromatic carboxylic acids is 1. The molecule has 0 radical (unpaired) electrons. The molecule has 126 valence electrons. The zero-order chi connectivity index (χ0) is 17.4. The van der Waals surface area contributed by atoms with Gasteiger partial charge in [-0.3, -0.25) is 9.59 Å². The molecule has 1 N–H and O–H groups in total. The fraction of sp³-hybridized carbons (Fsp3) is 0.471. The molecule has 0 atom stereocenters. The zero-order valence-electron chi connectivity index (χ0n) is 13.9. The molecule has 0 spiro atoms. The minimum atomic E-state index is -1.00. The van der Waals surface area contributed by atoms with Gasteiger partial charge in [-0.2, -0.15) is 0 Å². The van der Waals surface area contributed by atoms with E-state index in [0.29, 0.717) is 25.1 Å². The molecule has 1 aromatic carbocycles. The quantitative estimate of drug-likeness (QED) is 0.790. The van der Waals surface area contributed by atoms with E-state index in [-0.39, 0.29) is 30.3 Å². The summed E-state index contributed by atoms with van der Waals surface area (Å²) in [6.07, 6.45) is 0.511. The van der Waals surface area contributed by atoms with E-state index in [1.165, 1.54) is 11.0 Å². The third kappa shape index (κ3) is 5.39. The Morgan fingerprint density at radius 3 is 2.22 bits per heavy atom. The van der Waals surface area contributed by atoms with Crippen LogP contribution in [0.2, 0.25) is 0 Å². The number of aryl methyl sites for hydroxylation is 1. The van der Waals surface area contributed by atoms with Gasteiger partial charge in [-0.1, -0.05) is 18.2 Å². The monoisotopic (exact) mass is 320 g/mol. The molecule has 23 heavy (non-hydrogen) atoms. The summed E-state index contributed by atoms with van der Waals surface area (Å²) >= 11 is 0. The van der Waals surface area contributed by atoms with Crippen LogP contribution in [0.5, 0.6) is 0 Å². The van der Waals surface area contributed by atoms with E-state index in [4.69, 9.17) is 5.11 Å². The Hall–Kier alpha value is -2.37. The van der Waals surface area contributed by atoms with Crippen LogP contribution in [0, 0.1) is 0 Å². The van der Waals surface area contributed by atoms with Gasteiger partial charge in [0.15, 0.2) is 0 Å². The number of carbonyl (C=O) groups is 3. The molecular weight excluding hydrogens is 296 g/mol. The molecule has 6 heteroatoms. The second kappa shape index (κ2) is 8.92. The van der Waals surface area contributed by atoms with Gasteiger partial charge in [-0.05, 0) is 31.9 Å². The van der Waals surface area contributed by atoms with Crippen LogP contribution in [0.25, 0.3) is 0 Å². The van der Waals surface area contributed by atoms with Gasteiger partial charge < -0.3 is 14.9 Å². The van der Waals surface area contributed by atoms with Gasteiger partial charge in [-0.25, -0.2) is 4.79 Å². The molecule has 0 saturated heterocycles. The predicted octanol–water partition coefficient (Wildman–Crippen LogP) is 1.64. The molecule has 1 rings (SSSR count). The summed E-state index contributed by atoms with van der Waals surface area (Å²) in [6, 6.07) is 6.64. The van der Waals surface area contributed by atoms with E-state index in [0.717, 1.165) is 0 Å². The van der Waals surface area contributed by atoms with E-state index in [1.807, 2.05) is 13.8 Å². The first kappa shape index (κ1) is 18.7. The van der Waals surface area contributed by atoms with Gasteiger partial charge in [0.2, 0.25) is 11.8 Å². The molecule has 1 aromatic rings. The fourth-order valence-electron chi connectivity index (χ4n) is 2.35. The van der Waals surface area contributed by atoms with Crippen LogP contribution in [0.3, 0.4) is 0 Å². The van der Waals surface area contributed by atoms with E-state index in [1.54, 1.807) is 30.1 Å². The van der Waals surface area contributed by atoms with Crippen LogP contribution < -0.4 is 0 Å². The highest BCUT2D eigenvalue weighted by Gasteiger charge is 2.17. The van der Waals surface area contributed by atoms with Crippen molar-refractivity contribution in [1.82, 2.24) is 9.80 Å². The number of carbonyl (C=O) groups excluding carboxylic acids is 2. The highest BCUT2D eigenvalue weighted by Crippen LogP contribution is 2.12. The van der Waals surface area contributed by atoms with Crippen LogP contribution in [-0.4, -0.2) is 59.4 Å². The average molecular weight is 320 g/mol. The Morgan fingerprint density at radius 2 is 1.65 bits per heavy atom. The molecule has 0 bridgehead atoms. The van der Waals surface area contributed by atoms with Gasteiger partial charge >= 0.3 is 5.97 Å². The average Bonchev–Trinajstić information content (AvgIpc) is 2.53. The second-order valence-electron chi connectivity index (χ2n) is 5.28. The second-order valence-corrected chi connectivity index (χ2v) is 5.28. The van der Waals surface area contributed by atoms with Crippen LogP contribution in [0.15, 0.2) is 24.3 Å². The number of hydrogen-bond acceptors (Lipinski definition) is 3. The maximum atomic E-state index is 12.1. The lowest BCUT2D eigenvalue weighted by Crippen LogP contribution is -2.41. The lowest BCUT2D eigenvalue weighted by atomic mass is 10.0. The zero-order valence-corrected chi connectivity index (χ0v) is 13.9. The fourth-order valence-corrected chi connectivity index (χ4v) is 2.35. The molecule has 0 unspecified atom stereocenters. The molecule has 0 aliphatic rings. The van der Waals surface area contributed by atoms with E-state index >= 15 is 0 Å². The number of carboxylic acid groups (broad SMARTS) is 1. The summed E-state index contributed by atoms with van der Waals surface area (Å²) in [7, 11) is 1.59. The van der Waals surface area contributed by atoms with E-state index in [2.05, 4.69) is 0 Å². The minimum Gasteiger partial charge on any atom is -0.478 e. The van der Waals surface area contributed by atoms with Crippen LogP contribution >= 0.6 is 0 Å². The first-order valence-electron chi connectivity index (χ1n) is 7.73. The van der Waals surface area contributed by atoms with Gasteiger partial charge in [0.1, 0.15) is 0 Å². The first-order chi connectivity index (χ1) is 10.9. The Kier molecular flexibility index (Phi) is 7.25. The topological polar surface area (TPSA) is 77.9 Å². The number of amides is 2. The van der Waals surface area contributed by atoms with Crippen LogP contribution in [0.1, 0.15) is 36.2 Å². The lowest BCUT2D eigenvalue weighted by molar-refractivity contribution is -0.139. The van der Waals surface area contributed by atoms with Crippen molar-refractivity contribution in [2.45, 2.75) is 26.7 Å². The largest absolute Gasteiger partial charge is 0.478 e. The van der Waals surface area contributed by atoms with Crippen molar-refractivity contribution in [3.05, 3.63) is 35.4 Å². The molecule has 0 saturated carbocycles. The molecule has 2 amide bonds. The standard InChI is InChI=1S/C17H24N2O4/c1-4-19(5-2)16(21)12-18(3)15(20)11-10-13-8-6-7-9-14(13)17(22)23/h6-9H,4-5,10-12H2,1-3H3,(H,22,23). The molecule has 0 aromatic heterocycles. The number of benzene rings is 1. The number of rotatable bonds is 8. The van der Waals surface area contributed by atoms with Crippen molar-refractivity contribution in [1.29, 1.82) is 0 Å². The van der Waals surface area contributed by atoms with Crippen LogP contribution in [0.4, 0.5) is 0 Å². The van der Waals surface area contributed by atoms with Crippen LogP contribution in [-0.2, 0) is 16.0 Å². The van der Waals surface area contributed by atoms with Gasteiger partial charge in [-0.15, -0.1) is 0 Å². The number of hydrogen-bond donors (Lipinski definition) is 1. The summed E-state index contributed by atoms with van der Waals surface area (Å²) in [4.78, 5) is 38.3. The molecule has 0 aliphatic carbocycles. The van der Waals surface area contributed by atoms with Crippen molar-refractivity contribution in [3.63, 3.8) is 0 Å². The summed E-state index contributed by atoms with van der Waals surface area (Å²) in [5, 5.41) is 9.13. The molecule has 0 fully saturated rings. The van der Waals surface area contributed by atoms with Crippen molar-refractivity contribution < 1.29 is 19.5 Å². The van der Waals surface area contributed by atoms with Gasteiger partial charge in [0.25, 0.3) is 0 Å². The summed E-state index contributed by atoms with van der Waals surface area (Å²) < 4.78 is 0. The highest BCUT2D eigenvalue weighted by molar-refractivity contribution is 5.89. The van der Waals surface area contributed by atoms with Crippen molar-refractivity contribution in [2.75, 3.05) is 26.7 Å². The molecule has 6 nitrogen and oxygen atoms in total. The Balaban J connectivity index is 2.60. The van der Waals surface area contributed by atoms with Crippen molar-refractivity contribution in [3.8, 4) is 0 Å². The molecule has 0 aliphatic heterocycles. The minimum absolute atomic E-state index is 0.0427. The lowest BCUT2D eigenvalue weighted by Gasteiger charge is -2.23. The normalized spacial score (nSPS) is 10.2. The van der Waals surface area contributed by atoms with E-state index in [9.17, 15) is 14.4 Å². The maximum absolute atomic E-state index is 12.1. The summed E-state index contributed by atoms with van der Waals surface area (Å²) in [6.45, 7) is 5.06. The summed E-state index contributed by atoms with van der Waals surface area (Å²) in [5.74, 6) is -1.26. The summed E-state index contributed by atoms with van der Waals surface area (Å²) in [5.41, 5.74) is 0.832. The first-order valence-corrected chi connectivity index (χ1v) is 7.73. The molecule has 0 heterocycles. The molecular formula is C17H24N2O4. The smallest absolute Gasteiger partial charge is 0.335 e. The third-order valence-corrected chi connectivity index (χ3v) is 3.77. The number of likely N-dealkylation sites (N-methyl/N-ethyl adjacent to an activating group) is 2. The predicted molar refractivity (Wildman–Crippen MR) is 87.3 cm³/mol. The number of carboxylic acids is 1. The van der Waals surface area contributed by atoms with Crippen molar-refractivity contribution in [2.24, 2.45) is 0 Å².